The number of hydrogen-bond acceptors (Lipinski definition) is 4. The van der Waals surface area contributed by atoms with Crippen molar-refractivity contribution in [3.8, 4) is 0 Å². The smallest absolute Gasteiger partial charge is 0.213 e. The van der Waals surface area contributed by atoms with Crippen molar-refractivity contribution in [3.63, 3.8) is 0 Å². The molecule has 0 saturated carbocycles. The Bertz CT molecular complexity index is 472. The van der Waals surface area contributed by atoms with Crippen LogP contribution in [0.4, 0.5) is 5.69 Å². The highest BCUT2D eigenvalue weighted by Crippen LogP contribution is 2.17. The Labute approximate surface area is 101 Å². The van der Waals surface area contributed by atoms with E-state index in [1.807, 2.05) is 6.07 Å². The van der Waals surface area contributed by atoms with Gasteiger partial charge in [-0.3, -0.25) is 0 Å². The molecule has 96 valence electrons. The minimum Gasteiger partial charge on any atom is -0.398 e. The molecule has 0 heterocycles. The van der Waals surface area contributed by atoms with Gasteiger partial charge in [0.25, 0.3) is 0 Å². The molecule has 0 saturated heterocycles. The second-order valence-electron chi connectivity index (χ2n) is 4.02. The van der Waals surface area contributed by atoms with Crippen LogP contribution in [0, 0.1) is 0 Å². The predicted octanol–water partition coefficient (Wildman–Crippen LogP) is 0.372. The summed E-state index contributed by atoms with van der Waals surface area (Å²) in [7, 11) is -3.56. The van der Waals surface area contributed by atoms with Crippen molar-refractivity contribution in [2.45, 2.75) is 25.0 Å². The number of sulfonamides is 1. The summed E-state index contributed by atoms with van der Waals surface area (Å²) in [6.07, 6.45) is 2.38. The minimum atomic E-state index is -3.56. The number of aliphatic hydroxyl groups excluding tert-OH is 1. The number of nitrogen functional groups attached to an aromatic ring is 1. The van der Waals surface area contributed by atoms with Crippen LogP contribution < -0.4 is 10.9 Å². The lowest BCUT2D eigenvalue weighted by Gasteiger charge is -2.07. The van der Waals surface area contributed by atoms with Gasteiger partial charge in [-0.15, -0.1) is 0 Å². The quantitative estimate of drug-likeness (QED) is 0.506. The van der Waals surface area contributed by atoms with Crippen LogP contribution in [0.5, 0.6) is 0 Å². The first-order valence-electron chi connectivity index (χ1n) is 5.41. The van der Waals surface area contributed by atoms with Crippen molar-refractivity contribution >= 4 is 15.7 Å². The largest absolute Gasteiger partial charge is 0.398 e. The fourth-order valence-electron chi connectivity index (χ4n) is 1.60. The summed E-state index contributed by atoms with van der Waals surface area (Å²) in [6, 6.07) is 5.31. The number of nitrogens with two attached hydrogens (primary N) is 2. The standard InChI is InChI=1S/C11H18N2O3S/c12-11-5-4-9(3-1-2-6-14)7-10(11)8-17(13,15)16/h4-5,7,14H,1-3,6,8,12H2,(H2,13,15,16). The normalized spacial score (nSPS) is 11.6. The summed E-state index contributed by atoms with van der Waals surface area (Å²) >= 11 is 0. The average molecular weight is 258 g/mol. The van der Waals surface area contributed by atoms with Crippen LogP contribution in [0.2, 0.25) is 0 Å². The topological polar surface area (TPSA) is 106 Å². The number of aryl methyl sites for hydroxylation is 1. The highest BCUT2D eigenvalue weighted by Gasteiger charge is 2.09. The van der Waals surface area contributed by atoms with E-state index >= 15 is 0 Å². The second-order valence-corrected chi connectivity index (χ2v) is 5.64. The molecule has 0 fully saturated rings. The van der Waals surface area contributed by atoms with Gasteiger partial charge in [0.2, 0.25) is 10.0 Å². The molecule has 0 unspecified atom stereocenters. The van der Waals surface area contributed by atoms with Gasteiger partial charge in [0.1, 0.15) is 0 Å². The number of benzene rings is 1. The maximum atomic E-state index is 11.0. The van der Waals surface area contributed by atoms with Crippen molar-refractivity contribution in [1.82, 2.24) is 0 Å². The van der Waals surface area contributed by atoms with E-state index in [0.29, 0.717) is 11.3 Å². The Morgan fingerprint density at radius 2 is 1.94 bits per heavy atom. The van der Waals surface area contributed by atoms with Crippen molar-refractivity contribution in [2.24, 2.45) is 5.14 Å². The number of primary sulfonamides is 1. The monoisotopic (exact) mass is 258 g/mol. The minimum absolute atomic E-state index is 0.166. The van der Waals surface area contributed by atoms with E-state index in [-0.39, 0.29) is 12.4 Å². The lowest BCUT2D eigenvalue weighted by Crippen LogP contribution is -2.15. The molecular formula is C11H18N2O3S. The van der Waals surface area contributed by atoms with Gasteiger partial charge in [-0.05, 0) is 36.5 Å². The molecule has 5 nitrogen and oxygen atoms in total. The average Bonchev–Trinajstić information content (AvgIpc) is 2.21. The van der Waals surface area contributed by atoms with Crippen molar-refractivity contribution in [3.05, 3.63) is 29.3 Å². The molecular weight excluding hydrogens is 240 g/mol. The summed E-state index contributed by atoms with van der Waals surface area (Å²) in [5.41, 5.74) is 7.67. The van der Waals surface area contributed by atoms with Crippen molar-refractivity contribution in [2.75, 3.05) is 12.3 Å². The second kappa shape index (κ2) is 6.00. The third-order valence-corrected chi connectivity index (χ3v) is 3.15. The predicted molar refractivity (Wildman–Crippen MR) is 67.7 cm³/mol. The molecule has 0 aliphatic heterocycles. The van der Waals surface area contributed by atoms with Crippen LogP contribution in [0.3, 0.4) is 0 Å². The van der Waals surface area contributed by atoms with E-state index in [9.17, 15) is 8.42 Å². The van der Waals surface area contributed by atoms with Gasteiger partial charge in [0.05, 0.1) is 5.75 Å². The molecule has 0 aliphatic rings. The highest BCUT2D eigenvalue weighted by molar-refractivity contribution is 7.88. The van der Waals surface area contributed by atoms with Crippen LogP contribution in [-0.2, 0) is 22.2 Å². The van der Waals surface area contributed by atoms with Gasteiger partial charge in [0.15, 0.2) is 0 Å². The number of unbranched alkanes of at least 4 members (excludes halogenated alkanes) is 1. The van der Waals surface area contributed by atoms with Crippen molar-refractivity contribution in [1.29, 1.82) is 0 Å². The van der Waals surface area contributed by atoms with E-state index in [2.05, 4.69) is 0 Å². The maximum absolute atomic E-state index is 11.0. The lowest BCUT2D eigenvalue weighted by molar-refractivity contribution is 0.284. The first kappa shape index (κ1) is 14.0. The molecule has 0 radical (unpaired) electrons. The lowest BCUT2D eigenvalue weighted by atomic mass is 10.0. The summed E-state index contributed by atoms with van der Waals surface area (Å²) < 4.78 is 22.0. The Kier molecular flexibility index (Phi) is 4.92. The summed E-state index contributed by atoms with van der Waals surface area (Å²) in [5.74, 6) is -0.243. The molecule has 6 heteroatoms. The van der Waals surface area contributed by atoms with Gasteiger partial charge in [-0.25, -0.2) is 13.6 Å². The van der Waals surface area contributed by atoms with E-state index in [0.717, 1.165) is 24.8 Å². The zero-order chi connectivity index (χ0) is 12.9. The molecule has 1 rings (SSSR count). The summed E-state index contributed by atoms with van der Waals surface area (Å²) in [6.45, 7) is 0.166. The number of rotatable bonds is 6. The molecule has 0 spiro atoms. The van der Waals surface area contributed by atoms with E-state index in [1.165, 1.54) is 0 Å². The zero-order valence-corrected chi connectivity index (χ0v) is 10.4. The molecule has 0 bridgehead atoms. The van der Waals surface area contributed by atoms with Gasteiger partial charge < -0.3 is 10.8 Å². The Hall–Kier alpha value is -1.11. The SMILES string of the molecule is Nc1ccc(CCCCO)cc1CS(N)(=O)=O. The van der Waals surface area contributed by atoms with Crippen LogP contribution in [0.15, 0.2) is 18.2 Å². The zero-order valence-electron chi connectivity index (χ0n) is 9.59. The van der Waals surface area contributed by atoms with E-state index in [1.54, 1.807) is 12.1 Å². The van der Waals surface area contributed by atoms with Crippen LogP contribution >= 0.6 is 0 Å². The van der Waals surface area contributed by atoms with Crippen LogP contribution in [0.1, 0.15) is 24.0 Å². The molecule has 0 atom stereocenters. The van der Waals surface area contributed by atoms with Gasteiger partial charge >= 0.3 is 0 Å². The number of aliphatic hydroxyl groups is 1. The fourth-order valence-corrected chi connectivity index (χ4v) is 2.28. The Morgan fingerprint density at radius 3 is 2.53 bits per heavy atom. The molecule has 5 N–H and O–H groups in total. The highest BCUT2D eigenvalue weighted by atomic mass is 32.2. The summed E-state index contributed by atoms with van der Waals surface area (Å²) in [5, 5.41) is 13.7. The third-order valence-electron chi connectivity index (χ3n) is 2.44. The number of anilines is 1. The van der Waals surface area contributed by atoms with Crippen LogP contribution in [0.25, 0.3) is 0 Å². The van der Waals surface area contributed by atoms with Crippen LogP contribution in [-0.4, -0.2) is 20.1 Å². The van der Waals surface area contributed by atoms with E-state index in [4.69, 9.17) is 16.0 Å². The number of hydrogen-bond donors (Lipinski definition) is 3. The summed E-state index contributed by atoms with van der Waals surface area (Å²) in [4.78, 5) is 0. The van der Waals surface area contributed by atoms with Gasteiger partial charge in [0, 0.05) is 12.3 Å². The van der Waals surface area contributed by atoms with Crippen molar-refractivity contribution < 1.29 is 13.5 Å². The third kappa shape index (κ3) is 5.16. The van der Waals surface area contributed by atoms with Gasteiger partial charge in [-0.2, -0.15) is 0 Å². The Morgan fingerprint density at radius 1 is 1.24 bits per heavy atom. The molecule has 0 aromatic heterocycles. The molecule has 0 amide bonds. The molecule has 0 aliphatic carbocycles. The maximum Gasteiger partial charge on any atom is 0.213 e. The molecule has 1 aromatic rings. The first-order valence-corrected chi connectivity index (χ1v) is 7.12. The Balaban J connectivity index is 2.79. The van der Waals surface area contributed by atoms with E-state index < -0.39 is 10.0 Å². The fraction of sp³-hybridized carbons (Fsp3) is 0.455. The molecule has 1 aromatic carbocycles. The molecule has 17 heavy (non-hydrogen) atoms. The van der Waals surface area contributed by atoms with Gasteiger partial charge in [-0.1, -0.05) is 12.1 Å². The first-order chi connectivity index (χ1) is 7.92.